The van der Waals surface area contributed by atoms with Crippen LogP contribution in [-0.4, -0.2) is 54.6 Å². The maximum Gasteiger partial charge on any atom is 0.191 e. The molecule has 0 bridgehead atoms. The van der Waals surface area contributed by atoms with Gasteiger partial charge in [-0.15, -0.1) is 35.3 Å². The summed E-state index contributed by atoms with van der Waals surface area (Å²) in [6.45, 7) is 9.74. The number of fused-ring (bicyclic) bond motifs is 1. The Morgan fingerprint density at radius 1 is 1.25 bits per heavy atom. The first-order valence-corrected chi connectivity index (χ1v) is 11.2. The van der Waals surface area contributed by atoms with Gasteiger partial charge in [0, 0.05) is 38.6 Å². The number of aromatic nitrogens is 1. The van der Waals surface area contributed by atoms with Crippen molar-refractivity contribution in [3.8, 4) is 0 Å². The highest BCUT2D eigenvalue weighted by molar-refractivity contribution is 14.0. The molecule has 7 heteroatoms. The smallest absolute Gasteiger partial charge is 0.191 e. The van der Waals surface area contributed by atoms with Gasteiger partial charge in [0.25, 0.3) is 0 Å². The summed E-state index contributed by atoms with van der Waals surface area (Å²) >= 11 is 1.80. The average molecular weight is 516 g/mol. The van der Waals surface area contributed by atoms with E-state index in [0.717, 1.165) is 37.4 Å². The number of aryl methyl sites for hydroxylation is 1. The molecule has 0 atom stereocenters. The molecule has 28 heavy (non-hydrogen) atoms. The van der Waals surface area contributed by atoms with Crippen LogP contribution in [0.15, 0.2) is 29.3 Å². The van der Waals surface area contributed by atoms with Gasteiger partial charge in [-0.3, -0.25) is 4.99 Å². The minimum Gasteiger partial charge on any atom is -0.357 e. The van der Waals surface area contributed by atoms with E-state index in [1.54, 1.807) is 11.3 Å². The maximum absolute atomic E-state index is 4.79. The minimum absolute atomic E-state index is 0. The SMILES string of the molecule is CCCN1CCC(NC(=NCCCc2nc3ccccc3s2)NCC)CC1.I. The Bertz CT molecular complexity index is 691. The monoisotopic (exact) mass is 515 g/mol. The fourth-order valence-electron chi connectivity index (χ4n) is 3.58. The first kappa shape index (κ1) is 23.3. The molecular formula is C21H34IN5S. The normalized spacial score (nSPS) is 16.1. The molecule has 1 fully saturated rings. The summed E-state index contributed by atoms with van der Waals surface area (Å²) in [5.41, 5.74) is 1.12. The van der Waals surface area contributed by atoms with Gasteiger partial charge >= 0.3 is 0 Å². The van der Waals surface area contributed by atoms with Gasteiger partial charge in [0.05, 0.1) is 15.2 Å². The number of thiazole rings is 1. The lowest BCUT2D eigenvalue weighted by molar-refractivity contribution is 0.206. The lowest BCUT2D eigenvalue weighted by Gasteiger charge is -2.32. The summed E-state index contributed by atoms with van der Waals surface area (Å²) in [4.78, 5) is 12.1. The quantitative estimate of drug-likeness (QED) is 0.239. The van der Waals surface area contributed by atoms with Crippen LogP contribution in [0.3, 0.4) is 0 Å². The van der Waals surface area contributed by atoms with E-state index in [0.29, 0.717) is 6.04 Å². The first-order valence-electron chi connectivity index (χ1n) is 10.4. The molecule has 0 spiro atoms. The van der Waals surface area contributed by atoms with Crippen molar-refractivity contribution in [1.29, 1.82) is 0 Å². The first-order chi connectivity index (χ1) is 13.3. The standard InChI is InChI=1S/C21H33N5S.HI/c1-3-14-26-15-11-17(12-16-26)24-21(22-4-2)23-13-7-10-20-25-18-8-5-6-9-19(18)27-20;/h5-6,8-9,17H,3-4,7,10-16H2,1-2H3,(H2,22,23,24);1H. The van der Waals surface area contributed by atoms with Gasteiger partial charge in [0.15, 0.2) is 5.96 Å². The number of halogens is 1. The topological polar surface area (TPSA) is 52.5 Å². The summed E-state index contributed by atoms with van der Waals surface area (Å²) in [5.74, 6) is 0.968. The molecule has 2 heterocycles. The van der Waals surface area contributed by atoms with E-state index in [-0.39, 0.29) is 24.0 Å². The Hall–Kier alpha value is -0.930. The molecule has 1 aromatic heterocycles. The Kier molecular flexibility index (Phi) is 10.5. The van der Waals surface area contributed by atoms with Crippen LogP contribution in [0.4, 0.5) is 0 Å². The molecule has 3 rings (SSSR count). The highest BCUT2D eigenvalue weighted by atomic mass is 127. The van der Waals surface area contributed by atoms with Crippen molar-refractivity contribution in [3.63, 3.8) is 0 Å². The lowest BCUT2D eigenvalue weighted by atomic mass is 10.1. The Balaban J connectivity index is 0.00000280. The summed E-state index contributed by atoms with van der Waals surface area (Å²) in [5, 5.41) is 8.25. The van der Waals surface area contributed by atoms with E-state index in [2.05, 4.69) is 53.6 Å². The molecule has 2 aromatic rings. The fraction of sp³-hybridized carbons (Fsp3) is 0.619. The van der Waals surface area contributed by atoms with Gasteiger partial charge in [-0.1, -0.05) is 19.1 Å². The molecule has 2 N–H and O–H groups in total. The van der Waals surface area contributed by atoms with Crippen LogP contribution < -0.4 is 10.6 Å². The Morgan fingerprint density at radius 2 is 2.04 bits per heavy atom. The van der Waals surface area contributed by atoms with Gasteiger partial charge in [-0.25, -0.2) is 4.98 Å². The van der Waals surface area contributed by atoms with Crippen LogP contribution in [-0.2, 0) is 6.42 Å². The number of nitrogens with zero attached hydrogens (tertiary/aromatic N) is 3. The summed E-state index contributed by atoms with van der Waals surface area (Å²) in [7, 11) is 0. The molecule has 0 saturated carbocycles. The van der Waals surface area contributed by atoms with E-state index in [4.69, 9.17) is 9.98 Å². The number of likely N-dealkylation sites (tertiary alicyclic amines) is 1. The predicted octanol–water partition coefficient (Wildman–Crippen LogP) is 4.28. The molecule has 0 amide bonds. The van der Waals surface area contributed by atoms with Gasteiger partial charge in [-0.05, 0) is 51.3 Å². The van der Waals surface area contributed by atoms with E-state index < -0.39 is 0 Å². The molecular weight excluding hydrogens is 481 g/mol. The second kappa shape index (κ2) is 12.6. The number of guanidine groups is 1. The van der Waals surface area contributed by atoms with Crippen molar-refractivity contribution in [3.05, 3.63) is 29.3 Å². The third-order valence-electron chi connectivity index (χ3n) is 4.97. The van der Waals surface area contributed by atoms with Crippen LogP contribution in [0, 0.1) is 0 Å². The zero-order valence-corrected chi connectivity index (χ0v) is 20.3. The zero-order valence-electron chi connectivity index (χ0n) is 17.1. The predicted molar refractivity (Wildman–Crippen MR) is 132 cm³/mol. The third-order valence-corrected chi connectivity index (χ3v) is 6.07. The van der Waals surface area contributed by atoms with Crippen molar-refractivity contribution in [2.45, 2.75) is 52.0 Å². The number of hydrogen-bond acceptors (Lipinski definition) is 4. The summed E-state index contributed by atoms with van der Waals surface area (Å²) in [6.07, 6.45) is 5.69. The highest BCUT2D eigenvalue weighted by Gasteiger charge is 2.19. The van der Waals surface area contributed by atoms with Gasteiger partial charge < -0.3 is 15.5 Å². The molecule has 0 radical (unpaired) electrons. The lowest BCUT2D eigenvalue weighted by Crippen LogP contribution is -2.48. The van der Waals surface area contributed by atoms with Crippen LogP contribution in [0.5, 0.6) is 0 Å². The molecule has 1 aromatic carbocycles. The van der Waals surface area contributed by atoms with Crippen LogP contribution >= 0.6 is 35.3 Å². The van der Waals surface area contributed by atoms with Crippen molar-refractivity contribution < 1.29 is 0 Å². The Morgan fingerprint density at radius 3 is 2.75 bits per heavy atom. The number of piperidine rings is 1. The van der Waals surface area contributed by atoms with Gasteiger partial charge in [0.2, 0.25) is 0 Å². The highest BCUT2D eigenvalue weighted by Crippen LogP contribution is 2.22. The fourth-order valence-corrected chi connectivity index (χ4v) is 4.59. The van der Waals surface area contributed by atoms with Crippen LogP contribution in [0.2, 0.25) is 0 Å². The zero-order chi connectivity index (χ0) is 18.9. The Labute approximate surface area is 190 Å². The number of nitrogens with one attached hydrogen (secondary N) is 2. The molecule has 1 aliphatic rings. The van der Waals surface area contributed by atoms with Crippen LogP contribution in [0.25, 0.3) is 10.2 Å². The van der Waals surface area contributed by atoms with Gasteiger partial charge in [-0.2, -0.15) is 0 Å². The van der Waals surface area contributed by atoms with E-state index in [9.17, 15) is 0 Å². The van der Waals surface area contributed by atoms with Crippen molar-refractivity contribution in [1.82, 2.24) is 20.5 Å². The summed E-state index contributed by atoms with van der Waals surface area (Å²) < 4.78 is 1.28. The van der Waals surface area contributed by atoms with Crippen molar-refractivity contribution in [2.75, 3.05) is 32.7 Å². The van der Waals surface area contributed by atoms with E-state index in [1.807, 2.05) is 0 Å². The third kappa shape index (κ3) is 7.15. The molecule has 0 unspecified atom stereocenters. The molecule has 0 aliphatic carbocycles. The number of aliphatic imine (C=N–C) groups is 1. The van der Waals surface area contributed by atoms with Gasteiger partial charge in [0.1, 0.15) is 0 Å². The van der Waals surface area contributed by atoms with E-state index in [1.165, 1.54) is 48.6 Å². The second-order valence-corrected chi connectivity index (χ2v) is 8.31. The largest absolute Gasteiger partial charge is 0.357 e. The average Bonchev–Trinajstić information content (AvgIpc) is 3.10. The number of benzene rings is 1. The molecule has 1 saturated heterocycles. The van der Waals surface area contributed by atoms with Crippen molar-refractivity contribution >= 4 is 51.5 Å². The van der Waals surface area contributed by atoms with Crippen LogP contribution in [0.1, 0.15) is 44.5 Å². The maximum atomic E-state index is 4.79. The minimum atomic E-state index is 0. The summed E-state index contributed by atoms with van der Waals surface area (Å²) in [6, 6.07) is 8.91. The number of para-hydroxylation sites is 1. The second-order valence-electron chi connectivity index (χ2n) is 7.20. The molecule has 156 valence electrons. The molecule has 1 aliphatic heterocycles. The van der Waals surface area contributed by atoms with Crippen molar-refractivity contribution in [2.24, 2.45) is 4.99 Å². The molecule has 5 nitrogen and oxygen atoms in total. The van der Waals surface area contributed by atoms with E-state index >= 15 is 0 Å². The number of rotatable bonds is 8. The number of hydrogen-bond donors (Lipinski definition) is 2.